The topological polar surface area (TPSA) is 50.9 Å². The maximum Gasteiger partial charge on any atom is 0.126 e. The number of nitrogen functional groups attached to an aromatic ring is 1. The van der Waals surface area contributed by atoms with E-state index in [4.69, 9.17) is 5.73 Å². The highest BCUT2D eigenvalue weighted by molar-refractivity contribution is 5.44. The summed E-state index contributed by atoms with van der Waals surface area (Å²) in [6.45, 7) is 4.67. The number of anilines is 2. The van der Waals surface area contributed by atoms with E-state index in [1.807, 2.05) is 12.1 Å². The fourth-order valence-corrected chi connectivity index (χ4v) is 2.43. The van der Waals surface area contributed by atoms with Gasteiger partial charge in [-0.3, -0.25) is 0 Å². The molecule has 1 atom stereocenters. The largest absolute Gasteiger partial charge is 0.397 e. The first-order valence-corrected chi connectivity index (χ1v) is 6.06. The summed E-state index contributed by atoms with van der Waals surface area (Å²) in [5.74, 6) is 0.939. The molecule has 0 spiro atoms. The van der Waals surface area contributed by atoms with Crippen molar-refractivity contribution in [1.82, 2.24) is 4.98 Å². The van der Waals surface area contributed by atoms with Crippen molar-refractivity contribution in [3.05, 3.63) is 18.3 Å². The van der Waals surface area contributed by atoms with Crippen molar-refractivity contribution in [1.29, 1.82) is 0 Å². The Morgan fingerprint density at radius 3 is 2.81 bits per heavy atom. The minimum absolute atomic E-state index is 0.362. The van der Waals surface area contributed by atoms with Crippen LogP contribution < -0.4 is 11.1 Å². The Kier molecular flexibility index (Phi) is 3.03. The number of nitrogens with two attached hydrogens (primary N) is 1. The normalized spacial score (nSPS) is 24.0. The van der Waals surface area contributed by atoms with Gasteiger partial charge in [0.05, 0.1) is 11.9 Å². The Bertz CT molecular complexity index is 343. The zero-order chi connectivity index (χ0) is 11.6. The summed E-state index contributed by atoms with van der Waals surface area (Å²) in [7, 11) is 0. The van der Waals surface area contributed by atoms with Crippen LogP contribution in [-0.4, -0.2) is 11.0 Å². The molecule has 88 valence electrons. The second-order valence-corrected chi connectivity index (χ2v) is 5.41. The second-order valence-electron chi connectivity index (χ2n) is 5.41. The summed E-state index contributed by atoms with van der Waals surface area (Å²) in [6.07, 6.45) is 6.90. The zero-order valence-electron chi connectivity index (χ0n) is 10.2. The lowest BCUT2D eigenvalue weighted by Crippen LogP contribution is -2.39. The van der Waals surface area contributed by atoms with Crippen LogP contribution in [0.4, 0.5) is 11.5 Å². The van der Waals surface area contributed by atoms with Crippen LogP contribution >= 0.6 is 0 Å². The molecule has 0 amide bonds. The minimum atomic E-state index is 0.362. The fraction of sp³-hybridized carbons (Fsp3) is 0.615. The molecule has 0 bridgehead atoms. The van der Waals surface area contributed by atoms with E-state index in [-0.39, 0.29) is 0 Å². The molecule has 1 aliphatic carbocycles. The summed E-state index contributed by atoms with van der Waals surface area (Å²) in [5, 5.41) is 3.53. The average molecular weight is 219 g/mol. The van der Waals surface area contributed by atoms with Gasteiger partial charge in [0, 0.05) is 6.04 Å². The number of nitrogens with zero attached hydrogens (tertiary/aromatic N) is 1. The fourth-order valence-electron chi connectivity index (χ4n) is 2.43. The number of hydrogen-bond acceptors (Lipinski definition) is 3. The minimum Gasteiger partial charge on any atom is -0.397 e. The predicted molar refractivity (Wildman–Crippen MR) is 68.3 cm³/mol. The van der Waals surface area contributed by atoms with Crippen LogP contribution in [0.25, 0.3) is 0 Å². The van der Waals surface area contributed by atoms with Gasteiger partial charge in [0.15, 0.2) is 0 Å². The van der Waals surface area contributed by atoms with E-state index in [0.717, 1.165) is 5.82 Å². The number of rotatable bonds is 2. The Hall–Kier alpha value is -1.25. The van der Waals surface area contributed by atoms with Gasteiger partial charge in [0.2, 0.25) is 0 Å². The lowest BCUT2D eigenvalue weighted by molar-refractivity contribution is 0.216. The van der Waals surface area contributed by atoms with Crippen molar-refractivity contribution in [2.75, 3.05) is 11.1 Å². The van der Waals surface area contributed by atoms with Crippen molar-refractivity contribution in [2.45, 2.75) is 45.6 Å². The number of nitrogens with one attached hydrogen (secondary N) is 1. The third-order valence-electron chi connectivity index (χ3n) is 3.62. The van der Waals surface area contributed by atoms with Crippen molar-refractivity contribution in [3.63, 3.8) is 0 Å². The van der Waals surface area contributed by atoms with Crippen LogP contribution in [0.1, 0.15) is 39.5 Å². The lowest BCUT2D eigenvalue weighted by Gasteiger charge is -2.39. The maximum atomic E-state index is 5.62. The molecule has 0 aromatic carbocycles. The first-order chi connectivity index (χ1) is 7.58. The van der Waals surface area contributed by atoms with E-state index in [0.29, 0.717) is 17.1 Å². The third kappa shape index (κ3) is 2.46. The molecule has 3 nitrogen and oxygen atoms in total. The zero-order valence-corrected chi connectivity index (χ0v) is 10.2. The highest BCUT2D eigenvalue weighted by Crippen LogP contribution is 2.36. The molecule has 1 heterocycles. The summed E-state index contributed by atoms with van der Waals surface area (Å²) in [4.78, 5) is 4.30. The van der Waals surface area contributed by atoms with Crippen molar-refractivity contribution in [3.8, 4) is 0 Å². The molecule has 1 fully saturated rings. The Labute approximate surface area is 97.5 Å². The van der Waals surface area contributed by atoms with E-state index in [2.05, 4.69) is 24.1 Å². The standard InChI is InChI=1S/C13H21N3/c1-13(2)8-4-3-5-11(13)16-12-7-6-10(14)9-15-12/h6-7,9,11H,3-5,8,14H2,1-2H3,(H,15,16). The Balaban J connectivity index is 2.05. The number of hydrogen-bond donors (Lipinski definition) is 2. The molecule has 1 aliphatic rings. The van der Waals surface area contributed by atoms with Crippen LogP contribution in [0.15, 0.2) is 18.3 Å². The van der Waals surface area contributed by atoms with E-state index in [1.165, 1.54) is 25.7 Å². The summed E-state index contributed by atoms with van der Waals surface area (Å²) in [6, 6.07) is 4.38. The first kappa shape index (κ1) is 11.2. The summed E-state index contributed by atoms with van der Waals surface area (Å²) >= 11 is 0. The molecule has 1 aromatic heterocycles. The lowest BCUT2D eigenvalue weighted by atomic mass is 9.73. The van der Waals surface area contributed by atoms with Gasteiger partial charge in [0.25, 0.3) is 0 Å². The molecule has 3 N–H and O–H groups in total. The van der Waals surface area contributed by atoms with E-state index in [9.17, 15) is 0 Å². The van der Waals surface area contributed by atoms with E-state index < -0.39 is 0 Å². The van der Waals surface area contributed by atoms with Gasteiger partial charge in [0.1, 0.15) is 5.82 Å². The smallest absolute Gasteiger partial charge is 0.126 e. The van der Waals surface area contributed by atoms with Gasteiger partial charge in [-0.25, -0.2) is 4.98 Å². The molecule has 0 saturated heterocycles. The Morgan fingerprint density at radius 2 is 2.19 bits per heavy atom. The van der Waals surface area contributed by atoms with Gasteiger partial charge >= 0.3 is 0 Å². The van der Waals surface area contributed by atoms with Gasteiger partial charge in [-0.2, -0.15) is 0 Å². The molecular formula is C13H21N3. The molecule has 0 aliphatic heterocycles. The van der Waals surface area contributed by atoms with Gasteiger partial charge < -0.3 is 11.1 Å². The quantitative estimate of drug-likeness (QED) is 0.803. The summed E-state index contributed by atoms with van der Waals surface area (Å²) in [5.41, 5.74) is 6.70. The first-order valence-electron chi connectivity index (χ1n) is 6.06. The van der Waals surface area contributed by atoms with Crippen molar-refractivity contribution < 1.29 is 0 Å². The highest BCUT2D eigenvalue weighted by Gasteiger charge is 2.32. The molecular weight excluding hydrogens is 198 g/mol. The SMILES string of the molecule is CC1(C)CCCCC1Nc1ccc(N)cn1. The molecule has 0 radical (unpaired) electrons. The van der Waals surface area contributed by atoms with Crippen molar-refractivity contribution in [2.24, 2.45) is 5.41 Å². The number of pyridine rings is 1. The number of aromatic nitrogens is 1. The maximum absolute atomic E-state index is 5.62. The van der Waals surface area contributed by atoms with Crippen LogP contribution in [0.3, 0.4) is 0 Å². The molecule has 1 saturated carbocycles. The van der Waals surface area contributed by atoms with E-state index in [1.54, 1.807) is 6.20 Å². The molecule has 16 heavy (non-hydrogen) atoms. The molecule has 1 unspecified atom stereocenters. The third-order valence-corrected chi connectivity index (χ3v) is 3.62. The van der Waals surface area contributed by atoms with Crippen LogP contribution in [-0.2, 0) is 0 Å². The van der Waals surface area contributed by atoms with Gasteiger partial charge in [-0.1, -0.05) is 26.7 Å². The molecule has 3 heteroatoms. The molecule has 2 rings (SSSR count). The van der Waals surface area contributed by atoms with Crippen LogP contribution in [0.2, 0.25) is 0 Å². The molecule has 1 aromatic rings. The van der Waals surface area contributed by atoms with Crippen molar-refractivity contribution >= 4 is 11.5 Å². The van der Waals surface area contributed by atoms with Gasteiger partial charge in [-0.15, -0.1) is 0 Å². The predicted octanol–water partition coefficient (Wildman–Crippen LogP) is 3.04. The monoisotopic (exact) mass is 219 g/mol. The Morgan fingerprint density at radius 1 is 1.38 bits per heavy atom. The average Bonchev–Trinajstić information content (AvgIpc) is 2.24. The van der Waals surface area contributed by atoms with E-state index >= 15 is 0 Å². The highest BCUT2D eigenvalue weighted by atomic mass is 15.0. The van der Waals surface area contributed by atoms with Gasteiger partial charge in [-0.05, 0) is 30.4 Å². The second kappa shape index (κ2) is 4.32. The van der Waals surface area contributed by atoms with Crippen LogP contribution in [0.5, 0.6) is 0 Å². The van der Waals surface area contributed by atoms with Crippen LogP contribution in [0, 0.1) is 5.41 Å². The summed E-state index contributed by atoms with van der Waals surface area (Å²) < 4.78 is 0.